The van der Waals surface area contributed by atoms with Crippen LogP contribution in [0.4, 0.5) is 0 Å². The smallest absolute Gasteiger partial charge is 0.225 e. The van der Waals surface area contributed by atoms with E-state index in [1.54, 1.807) is 0 Å². The number of amides is 2. The van der Waals surface area contributed by atoms with E-state index in [0.29, 0.717) is 0 Å². The summed E-state index contributed by atoms with van der Waals surface area (Å²) in [6.07, 6.45) is 0.572. The normalized spacial score (nSPS) is 43.8. The third kappa shape index (κ3) is 1.39. The summed E-state index contributed by atoms with van der Waals surface area (Å²) in [5, 5.41) is 8.74. The quantitative estimate of drug-likeness (QED) is 0.453. The Kier molecular flexibility index (Phi) is 1.46. The second-order valence-corrected chi connectivity index (χ2v) is 4.24. The van der Waals surface area contributed by atoms with Crippen LogP contribution in [0.1, 0.15) is 26.7 Å². The van der Waals surface area contributed by atoms with Crippen LogP contribution in [0.3, 0.4) is 0 Å². The zero-order valence-corrected chi connectivity index (χ0v) is 7.73. The Morgan fingerprint density at radius 1 is 1.00 bits per heavy atom. The molecule has 72 valence electrons. The molecule has 0 aliphatic carbocycles. The standard InChI is InChI=1S/C8H13N3O2/c1-7-3-5(12)10-8(2,11-7)4-6(13)9-7/h11H,3-4H2,1-2H3,(H,9,13)(H,10,12). The van der Waals surface area contributed by atoms with Crippen LogP contribution in [0, 0.1) is 0 Å². The lowest BCUT2D eigenvalue weighted by Gasteiger charge is -2.50. The number of nitrogens with one attached hydrogen (secondary N) is 3. The van der Waals surface area contributed by atoms with Gasteiger partial charge in [0, 0.05) is 0 Å². The Morgan fingerprint density at radius 3 is 1.77 bits per heavy atom. The lowest BCUT2D eigenvalue weighted by Crippen LogP contribution is -2.78. The minimum Gasteiger partial charge on any atom is -0.338 e. The summed E-state index contributed by atoms with van der Waals surface area (Å²) < 4.78 is 0. The highest BCUT2D eigenvalue weighted by Gasteiger charge is 2.47. The summed E-state index contributed by atoms with van der Waals surface area (Å²) in [6.45, 7) is 3.64. The van der Waals surface area contributed by atoms with Gasteiger partial charge in [0.2, 0.25) is 11.8 Å². The predicted molar refractivity (Wildman–Crippen MR) is 45.5 cm³/mol. The van der Waals surface area contributed by atoms with Crippen molar-refractivity contribution in [1.82, 2.24) is 16.0 Å². The summed E-state index contributed by atoms with van der Waals surface area (Å²) in [6, 6.07) is 0. The van der Waals surface area contributed by atoms with E-state index >= 15 is 0 Å². The molecule has 2 rings (SSSR count). The number of fused-ring (bicyclic) bond motifs is 2. The van der Waals surface area contributed by atoms with Crippen LogP contribution in [0.2, 0.25) is 0 Å². The van der Waals surface area contributed by atoms with Gasteiger partial charge in [0.25, 0.3) is 0 Å². The van der Waals surface area contributed by atoms with Crippen molar-refractivity contribution >= 4 is 11.8 Å². The summed E-state index contributed by atoms with van der Waals surface area (Å²) in [5.74, 6) is -0.0486. The summed E-state index contributed by atoms with van der Waals surface area (Å²) in [7, 11) is 0. The Hall–Kier alpha value is -1.10. The first-order valence-corrected chi connectivity index (χ1v) is 4.32. The van der Waals surface area contributed by atoms with E-state index in [2.05, 4.69) is 16.0 Å². The third-order valence-corrected chi connectivity index (χ3v) is 2.41. The van der Waals surface area contributed by atoms with Gasteiger partial charge in [0.1, 0.15) is 0 Å². The molecule has 5 heteroatoms. The van der Waals surface area contributed by atoms with Crippen LogP contribution in [-0.4, -0.2) is 23.1 Å². The SMILES string of the molecule is CC12CC(=O)NC(C)(CC(=O)N1)N2. The van der Waals surface area contributed by atoms with E-state index in [9.17, 15) is 9.59 Å². The highest BCUT2D eigenvalue weighted by atomic mass is 16.2. The number of carbonyl (C=O) groups excluding carboxylic acids is 2. The Labute approximate surface area is 76.3 Å². The fourth-order valence-electron chi connectivity index (χ4n) is 2.19. The summed E-state index contributed by atoms with van der Waals surface area (Å²) in [4.78, 5) is 22.6. The average molecular weight is 183 g/mol. The molecule has 2 bridgehead atoms. The minimum absolute atomic E-state index is 0.0243. The van der Waals surface area contributed by atoms with Crippen molar-refractivity contribution in [2.75, 3.05) is 0 Å². The second-order valence-electron chi connectivity index (χ2n) is 4.24. The van der Waals surface area contributed by atoms with Crippen molar-refractivity contribution in [3.05, 3.63) is 0 Å². The van der Waals surface area contributed by atoms with Crippen molar-refractivity contribution < 1.29 is 9.59 Å². The van der Waals surface area contributed by atoms with Crippen molar-refractivity contribution in [2.24, 2.45) is 0 Å². The molecule has 2 aliphatic rings. The minimum atomic E-state index is -0.577. The van der Waals surface area contributed by atoms with Gasteiger partial charge in [0.15, 0.2) is 0 Å². The number of hydrogen-bond donors (Lipinski definition) is 3. The van der Waals surface area contributed by atoms with Crippen molar-refractivity contribution in [1.29, 1.82) is 0 Å². The molecule has 5 nitrogen and oxygen atoms in total. The molecule has 0 saturated carbocycles. The number of hydrogen-bond acceptors (Lipinski definition) is 3. The molecule has 2 unspecified atom stereocenters. The predicted octanol–water partition coefficient (Wildman–Crippen LogP) is -0.952. The molecule has 3 N–H and O–H groups in total. The van der Waals surface area contributed by atoms with E-state index < -0.39 is 11.3 Å². The topological polar surface area (TPSA) is 70.2 Å². The molecule has 0 aromatic rings. The maximum atomic E-state index is 11.3. The van der Waals surface area contributed by atoms with Gasteiger partial charge in [-0.1, -0.05) is 0 Å². The maximum Gasteiger partial charge on any atom is 0.225 e. The van der Waals surface area contributed by atoms with Crippen molar-refractivity contribution in [2.45, 2.75) is 38.0 Å². The molecule has 0 radical (unpaired) electrons. The highest BCUT2D eigenvalue weighted by molar-refractivity contribution is 5.86. The van der Waals surface area contributed by atoms with Crippen LogP contribution in [0.25, 0.3) is 0 Å². The highest BCUT2D eigenvalue weighted by Crippen LogP contribution is 2.24. The second kappa shape index (κ2) is 2.23. The van der Waals surface area contributed by atoms with Crippen molar-refractivity contribution in [3.8, 4) is 0 Å². The molecular weight excluding hydrogens is 170 g/mol. The lowest BCUT2D eigenvalue weighted by molar-refractivity contribution is -0.140. The van der Waals surface area contributed by atoms with Gasteiger partial charge in [-0.3, -0.25) is 14.9 Å². The molecule has 2 atom stereocenters. The molecule has 2 amide bonds. The van der Waals surface area contributed by atoms with Crippen LogP contribution >= 0.6 is 0 Å². The van der Waals surface area contributed by atoms with Crippen LogP contribution in [0.5, 0.6) is 0 Å². The first-order chi connectivity index (χ1) is 5.91. The molecule has 2 heterocycles. The zero-order valence-electron chi connectivity index (χ0n) is 7.73. The first kappa shape index (κ1) is 8.50. The molecule has 0 aromatic heterocycles. The first-order valence-electron chi connectivity index (χ1n) is 4.32. The van der Waals surface area contributed by atoms with Gasteiger partial charge < -0.3 is 10.6 Å². The number of rotatable bonds is 0. The lowest BCUT2D eigenvalue weighted by atomic mass is 9.92. The fourth-order valence-corrected chi connectivity index (χ4v) is 2.19. The molecule has 2 aliphatic heterocycles. The Bertz CT molecular complexity index is 243. The largest absolute Gasteiger partial charge is 0.338 e. The monoisotopic (exact) mass is 183 g/mol. The molecule has 0 spiro atoms. The molecule has 2 saturated heterocycles. The summed E-state index contributed by atoms with van der Waals surface area (Å²) >= 11 is 0. The van der Waals surface area contributed by atoms with Gasteiger partial charge in [-0.15, -0.1) is 0 Å². The van der Waals surface area contributed by atoms with Crippen LogP contribution < -0.4 is 16.0 Å². The van der Waals surface area contributed by atoms with E-state index in [1.165, 1.54) is 0 Å². The maximum absolute atomic E-state index is 11.3. The van der Waals surface area contributed by atoms with Gasteiger partial charge in [-0.25, -0.2) is 0 Å². The van der Waals surface area contributed by atoms with E-state index in [-0.39, 0.29) is 24.7 Å². The Balaban J connectivity index is 2.32. The van der Waals surface area contributed by atoms with Crippen molar-refractivity contribution in [3.63, 3.8) is 0 Å². The van der Waals surface area contributed by atoms with Gasteiger partial charge in [-0.05, 0) is 13.8 Å². The molecule has 2 fully saturated rings. The third-order valence-electron chi connectivity index (χ3n) is 2.41. The zero-order chi connectivity index (χ0) is 9.69. The molecule has 13 heavy (non-hydrogen) atoms. The van der Waals surface area contributed by atoms with Crippen LogP contribution in [0.15, 0.2) is 0 Å². The summed E-state index contributed by atoms with van der Waals surface area (Å²) in [5.41, 5.74) is -1.15. The van der Waals surface area contributed by atoms with E-state index in [0.717, 1.165) is 0 Å². The van der Waals surface area contributed by atoms with Gasteiger partial charge in [0.05, 0.1) is 24.2 Å². The molecular formula is C8H13N3O2. The van der Waals surface area contributed by atoms with E-state index in [1.807, 2.05) is 13.8 Å². The Morgan fingerprint density at radius 2 is 1.38 bits per heavy atom. The average Bonchev–Trinajstić information content (AvgIpc) is 1.75. The molecule has 0 aromatic carbocycles. The van der Waals surface area contributed by atoms with Gasteiger partial charge in [-0.2, -0.15) is 0 Å². The van der Waals surface area contributed by atoms with Crippen LogP contribution in [-0.2, 0) is 9.59 Å². The van der Waals surface area contributed by atoms with Gasteiger partial charge >= 0.3 is 0 Å². The number of carbonyl (C=O) groups is 2. The fraction of sp³-hybridized carbons (Fsp3) is 0.750. The van der Waals surface area contributed by atoms with E-state index in [4.69, 9.17) is 0 Å².